The van der Waals surface area contributed by atoms with E-state index in [0.717, 1.165) is 5.56 Å². The van der Waals surface area contributed by atoms with E-state index < -0.39 is 0 Å². The van der Waals surface area contributed by atoms with Crippen molar-refractivity contribution < 1.29 is 9.90 Å². The van der Waals surface area contributed by atoms with Gasteiger partial charge in [0, 0.05) is 31.0 Å². The van der Waals surface area contributed by atoms with E-state index in [-0.39, 0.29) is 12.0 Å². The van der Waals surface area contributed by atoms with Gasteiger partial charge in [-0.15, -0.1) is 0 Å². The third-order valence-electron chi connectivity index (χ3n) is 3.56. The third kappa shape index (κ3) is 2.72. The quantitative estimate of drug-likeness (QED) is 0.910. The minimum absolute atomic E-state index is 0.00723. The summed E-state index contributed by atoms with van der Waals surface area (Å²) in [7, 11) is 0. The molecule has 1 N–H and O–H groups in total. The molecule has 0 radical (unpaired) electrons. The molecule has 0 saturated carbocycles. The van der Waals surface area contributed by atoms with Gasteiger partial charge in [-0.3, -0.25) is 9.48 Å². The fourth-order valence-corrected chi connectivity index (χ4v) is 2.44. The van der Waals surface area contributed by atoms with Crippen LogP contribution in [0.4, 0.5) is 0 Å². The van der Waals surface area contributed by atoms with Crippen LogP contribution in [0.15, 0.2) is 42.7 Å². The Bertz CT molecular complexity index is 578. The number of aromatic nitrogens is 2. The zero-order valence-corrected chi connectivity index (χ0v) is 11.1. The highest BCUT2D eigenvalue weighted by Gasteiger charge is 2.25. The van der Waals surface area contributed by atoms with Gasteiger partial charge in [0.05, 0.1) is 12.6 Å². The molecule has 20 heavy (non-hydrogen) atoms. The topological polar surface area (TPSA) is 58.4 Å². The molecule has 0 spiro atoms. The SMILES string of the molecule is O=C(c1ccc(Cn2cccn2)cc1)N1CC[C@@H](O)C1. The van der Waals surface area contributed by atoms with Gasteiger partial charge in [-0.2, -0.15) is 5.10 Å². The summed E-state index contributed by atoms with van der Waals surface area (Å²) in [5, 5.41) is 13.6. The minimum Gasteiger partial charge on any atom is -0.391 e. The molecule has 2 heterocycles. The number of carbonyl (C=O) groups excluding carboxylic acids is 1. The van der Waals surface area contributed by atoms with Crippen molar-refractivity contribution in [1.82, 2.24) is 14.7 Å². The highest BCUT2D eigenvalue weighted by atomic mass is 16.3. The Morgan fingerprint density at radius 1 is 1.35 bits per heavy atom. The Morgan fingerprint density at radius 2 is 2.15 bits per heavy atom. The van der Waals surface area contributed by atoms with Crippen LogP contribution in [0.5, 0.6) is 0 Å². The number of hydrogen-bond donors (Lipinski definition) is 1. The Balaban J connectivity index is 1.68. The van der Waals surface area contributed by atoms with E-state index in [1.807, 2.05) is 41.2 Å². The average molecular weight is 271 g/mol. The summed E-state index contributed by atoms with van der Waals surface area (Å²) in [6.45, 7) is 1.77. The van der Waals surface area contributed by atoms with Crippen LogP contribution in [-0.4, -0.2) is 44.9 Å². The van der Waals surface area contributed by atoms with Crippen LogP contribution in [0.3, 0.4) is 0 Å². The van der Waals surface area contributed by atoms with Crippen LogP contribution >= 0.6 is 0 Å². The smallest absolute Gasteiger partial charge is 0.253 e. The molecule has 0 aliphatic carbocycles. The summed E-state index contributed by atoms with van der Waals surface area (Å²) in [5.74, 6) is -0.00723. The molecule has 1 amide bonds. The summed E-state index contributed by atoms with van der Waals surface area (Å²) in [6, 6.07) is 9.46. The Kier molecular flexibility index (Phi) is 3.52. The van der Waals surface area contributed by atoms with Gasteiger partial charge in [-0.25, -0.2) is 0 Å². The number of aliphatic hydroxyl groups is 1. The molecular weight excluding hydrogens is 254 g/mol. The molecule has 5 heteroatoms. The van der Waals surface area contributed by atoms with E-state index in [9.17, 15) is 9.90 Å². The van der Waals surface area contributed by atoms with Gasteiger partial charge in [-0.05, 0) is 30.2 Å². The van der Waals surface area contributed by atoms with Crippen molar-refractivity contribution >= 4 is 5.91 Å². The molecule has 0 unspecified atom stereocenters. The van der Waals surface area contributed by atoms with E-state index in [2.05, 4.69) is 5.10 Å². The van der Waals surface area contributed by atoms with Crippen molar-refractivity contribution in [2.24, 2.45) is 0 Å². The van der Waals surface area contributed by atoms with E-state index in [4.69, 9.17) is 0 Å². The van der Waals surface area contributed by atoms with Gasteiger partial charge in [0.15, 0.2) is 0 Å². The number of amides is 1. The number of hydrogen-bond acceptors (Lipinski definition) is 3. The summed E-state index contributed by atoms with van der Waals surface area (Å²) in [4.78, 5) is 13.9. The number of benzene rings is 1. The monoisotopic (exact) mass is 271 g/mol. The van der Waals surface area contributed by atoms with Crippen molar-refractivity contribution in [3.63, 3.8) is 0 Å². The molecule has 1 fully saturated rings. The normalized spacial score (nSPS) is 18.4. The maximum absolute atomic E-state index is 12.2. The second-order valence-electron chi connectivity index (χ2n) is 5.09. The summed E-state index contributed by atoms with van der Waals surface area (Å²) >= 11 is 0. The molecule has 1 aliphatic heterocycles. The summed E-state index contributed by atoms with van der Waals surface area (Å²) in [6.07, 6.45) is 3.95. The van der Waals surface area contributed by atoms with Crippen molar-refractivity contribution in [1.29, 1.82) is 0 Å². The van der Waals surface area contributed by atoms with E-state index in [1.165, 1.54) is 0 Å². The highest BCUT2D eigenvalue weighted by molar-refractivity contribution is 5.94. The molecule has 2 aromatic rings. The highest BCUT2D eigenvalue weighted by Crippen LogP contribution is 2.14. The lowest BCUT2D eigenvalue weighted by Gasteiger charge is -2.15. The van der Waals surface area contributed by atoms with E-state index in [1.54, 1.807) is 11.1 Å². The predicted octanol–water partition coefficient (Wildman–Crippen LogP) is 1.14. The molecule has 1 saturated heterocycles. The van der Waals surface area contributed by atoms with Gasteiger partial charge in [0.2, 0.25) is 0 Å². The second kappa shape index (κ2) is 5.46. The first-order chi connectivity index (χ1) is 9.72. The lowest BCUT2D eigenvalue weighted by atomic mass is 10.1. The van der Waals surface area contributed by atoms with Crippen molar-refractivity contribution in [2.75, 3.05) is 13.1 Å². The molecule has 1 aromatic heterocycles. The number of rotatable bonds is 3. The number of β-amino-alcohol motifs (C(OH)–C–C–N with tert-alkyl or cyclic N) is 1. The first-order valence-electron chi connectivity index (χ1n) is 6.76. The van der Waals surface area contributed by atoms with Gasteiger partial charge in [0.25, 0.3) is 5.91 Å². The van der Waals surface area contributed by atoms with Crippen molar-refractivity contribution in [3.05, 3.63) is 53.9 Å². The molecule has 3 rings (SSSR count). The zero-order valence-electron chi connectivity index (χ0n) is 11.1. The molecule has 5 nitrogen and oxygen atoms in total. The number of nitrogens with zero attached hydrogens (tertiary/aromatic N) is 3. The zero-order chi connectivity index (χ0) is 13.9. The van der Waals surface area contributed by atoms with E-state index in [0.29, 0.717) is 31.6 Å². The number of aliphatic hydroxyl groups excluding tert-OH is 1. The lowest BCUT2D eigenvalue weighted by Crippen LogP contribution is -2.29. The summed E-state index contributed by atoms with van der Waals surface area (Å²) in [5.41, 5.74) is 1.77. The Hall–Kier alpha value is -2.14. The molecular formula is C15H17N3O2. The Morgan fingerprint density at radius 3 is 2.75 bits per heavy atom. The molecule has 104 valence electrons. The number of carbonyl (C=O) groups is 1. The van der Waals surface area contributed by atoms with Crippen molar-refractivity contribution in [2.45, 2.75) is 19.1 Å². The standard InChI is InChI=1S/C15H17N3O2/c19-14-6-9-17(11-14)15(20)13-4-2-12(3-5-13)10-18-8-1-7-16-18/h1-5,7-8,14,19H,6,9-11H2/t14-/m1/s1. The molecule has 1 atom stereocenters. The second-order valence-corrected chi connectivity index (χ2v) is 5.09. The lowest BCUT2D eigenvalue weighted by molar-refractivity contribution is 0.0765. The van der Waals surface area contributed by atoms with Gasteiger partial charge < -0.3 is 10.0 Å². The van der Waals surface area contributed by atoms with Crippen LogP contribution in [-0.2, 0) is 6.54 Å². The summed E-state index contributed by atoms with van der Waals surface area (Å²) < 4.78 is 1.84. The first kappa shape index (κ1) is 12.9. The van der Waals surface area contributed by atoms with Crippen molar-refractivity contribution in [3.8, 4) is 0 Å². The van der Waals surface area contributed by atoms with Gasteiger partial charge in [-0.1, -0.05) is 12.1 Å². The van der Waals surface area contributed by atoms with Crippen LogP contribution in [0.2, 0.25) is 0 Å². The Labute approximate surface area is 117 Å². The first-order valence-corrected chi connectivity index (χ1v) is 6.76. The van der Waals surface area contributed by atoms with E-state index >= 15 is 0 Å². The molecule has 0 bridgehead atoms. The van der Waals surface area contributed by atoms with Gasteiger partial charge >= 0.3 is 0 Å². The van der Waals surface area contributed by atoms with Crippen LogP contribution in [0, 0.1) is 0 Å². The minimum atomic E-state index is -0.377. The maximum atomic E-state index is 12.2. The number of likely N-dealkylation sites (tertiary alicyclic amines) is 1. The molecule has 1 aliphatic rings. The largest absolute Gasteiger partial charge is 0.391 e. The van der Waals surface area contributed by atoms with Crippen LogP contribution in [0.25, 0.3) is 0 Å². The predicted molar refractivity (Wildman–Crippen MR) is 74.3 cm³/mol. The third-order valence-corrected chi connectivity index (χ3v) is 3.56. The molecule has 1 aromatic carbocycles. The fourth-order valence-electron chi connectivity index (χ4n) is 2.44. The fraction of sp³-hybridized carbons (Fsp3) is 0.333. The van der Waals surface area contributed by atoms with Crippen LogP contribution < -0.4 is 0 Å². The van der Waals surface area contributed by atoms with Crippen LogP contribution in [0.1, 0.15) is 22.3 Å². The maximum Gasteiger partial charge on any atom is 0.253 e. The average Bonchev–Trinajstić information content (AvgIpc) is 3.10. The van der Waals surface area contributed by atoms with Gasteiger partial charge in [0.1, 0.15) is 0 Å².